The Hall–Kier alpha value is -1.94. The van der Waals surface area contributed by atoms with Crippen LogP contribution in [0.15, 0.2) is 23.2 Å². The molecular formula is C13H11F2NO3. The Bertz CT molecular complexity index is 561. The van der Waals surface area contributed by atoms with Crippen molar-refractivity contribution in [2.75, 3.05) is 0 Å². The lowest BCUT2D eigenvalue weighted by atomic mass is 9.89. The third kappa shape index (κ3) is 1.98. The molecule has 1 fully saturated rings. The molecule has 0 saturated heterocycles. The van der Waals surface area contributed by atoms with Crippen LogP contribution in [0, 0.1) is 0 Å². The molecule has 3 rings (SSSR count). The van der Waals surface area contributed by atoms with Crippen molar-refractivity contribution in [2.24, 2.45) is 4.99 Å². The maximum atomic E-state index is 13.0. The smallest absolute Gasteiger partial charge is 0.395 e. The van der Waals surface area contributed by atoms with Crippen LogP contribution in [0.1, 0.15) is 31.2 Å². The van der Waals surface area contributed by atoms with Crippen LogP contribution >= 0.6 is 0 Å². The molecule has 4 nitrogen and oxygen atoms in total. The summed E-state index contributed by atoms with van der Waals surface area (Å²) in [5, 5.41) is 0. The topological polar surface area (TPSA) is 47.9 Å². The quantitative estimate of drug-likeness (QED) is 0.611. The molecule has 6 heteroatoms. The highest BCUT2D eigenvalue weighted by Crippen LogP contribution is 2.47. The minimum Gasteiger partial charge on any atom is -0.395 e. The summed E-state index contributed by atoms with van der Waals surface area (Å²) in [6.45, 7) is 0. The molecule has 1 aromatic rings. The standard InChI is InChI=1S/C13H11F2NO3/c14-13(15)18-10-4-3-9(7-11(10)19-13)12(16-8-17)5-1-2-6-12/h3-4,7H,1-2,5-6H2. The molecule has 1 saturated carbocycles. The highest BCUT2D eigenvalue weighted by Gasteiger charge is 2.44. The van der Waals surface area contributed by atoms with Gasteiger partial charge in [-0.25, -0.2) is 4.79 Å². The number of halogens is 2. The van der Waals surface area contributed by atoms with Crippen molar-refractivity contribution in [3.63, 3.8) is 0 Å². The zero-order valence-electron chi connectivity index (χ0n) is 9.99. The second-order valence-corrected chi connectivity index (χ2v) is 4.77. The number of aliphatic imine (C=N–C) groups is 1. The Balaban J connectivity index is 2.01. The average Bonchev–Trinajstić information content (AvgIpc) is 2.91. The lowest BCUT2D eigenvalue weighted by Gasteiger charge is -2.22. The number of hydrogen-bond acceptors (Lipinski definition) is 4. The van der Waals surface area contributed by atoms with E-state index in [4.69, 9.17) is 0 Å². The first kappa shape index (κ1) is 12.1. The number of fused-ring (bicyclic) bond motifs is 1. The number of nitrogens with zero attached hydrogens (tertiary/aromatic N) is 1. The van der Waals surface area contributed by atoms with Crippen molar-refractivity contribution < 1.29 is 23.0 Å². The lowest BCUT2D eigenvalue weighted by Crippen LogP contribution is -2.26. The fourth-order valence-electron chi connectivity index (χ4n) is 2.75. The van der Waals surface area contributed by atoms with Crippen LogP contribution in [-0.2, 0) is 10.3 Å². The third-order valence-electron chi connectivity index (χ3n) is 3.63. The number of isocyanates is 1. The summed E-state index contributed by atoms with van der Waals surface area (Å²) >= 11 is 0. The molecule has 0 amide bonds. The van der Waals surface area contributed by atoms with E-state index in [1.54, 1.807) is 12.1 Å². The highest BCUT2D eigenvalue weighted by molar-refractivity contribution is 5.48. The second kappa shape index (κ2) is 4.03. The van der Waals surface area contributed by atoms with Crippen molar-refractivity contribution in [3.8, 4) is 11.5 Å². The summed E-state index contributed by atoms with van der Waals surface area (Å²) in [4.78, 5) is 14.5. The van der Waals surface area contributed by atoms with Gasteiger partial charge >= 0.3 is 6.29 Å². The Morgan fingerprint density at radius 1 is 1.16 bits per heavy atom. The van der Waals surface area contributed by atoms with Gasteiger partial charge in [0.1, 0.15) is 0 Å². The predicted octanol–water partition coefficient (Wildman–Crippen LogP) is 3.11. The molecule has 0 N–H and O–H groups in total. The Kier molecular flexibility index (Phi) is 2.57. The summed E-state index contributed by atoms with van der Waals surface area (Å²) in [5.74, 6) is -0.0214. The van der Waals surface area contributed by atoms with E-state index in [9.17, 15) is 13.6 Å². The van der Waals surface area contributed by atoms with E-state index in [0.717, 1.165) is 12.8 Å². The molecule has 0 bridgehead atoms. The third-order valence-corrected chi connectivity index (χ3v) is 3.63. The van der Waals surface area contributed by atoms with Gasteiger partial charge in [-0.2, -0.15) is 4.99 Å². The zero-order chi connectivity index (χ0) is 13.5. The van der Waals surface area contributed by atoms with Gasteiger partial charge in [-0.3, -0.25) is 0 Å². The van der Waals surface area contributed by atoms with Gasteiger partial charge in [0.15, 0.2) is 11.5 Å². The van der Waals surface area contributed by atoms with Crippen LogP contribution in [0.3, 0.4) is 0 Å². The van der Waals surface area contributed by atoms with Gasteiger partial charge in [-0.15, -0.1) is 8.78 Å². The minimum atomic E-state index is -3.63. The Labute approximate surface area is 108 Å². The molecular weight excluding hydrogens is 256 g/mol. The average molecular weight is 267 g/mol. The Morgan fingerprint density at radius 3 is 2.53 bits per heavy atom. The van der Waals surface area contributed by atoms with Crippen LogP contribution in [0.2, 0.25) is 0 Å². The molecule has 2 aliphatic rings. The number of carbonyl (C=O) groups excluding carboxylic acids is 1. The molecule has 0 spiro atoms. The van der Waals surface area contributed by atoms with Gasteiger partial charge < -0.3 is 9.47 Å². The number of ether oxygens (including phenoxy) is 2. The maximum Gasteiger partial charge on any atom is 0.586 e. The molecule has 1 heterocycles. The van der Waals surface area contributed by atoms with E-state index in [-0.39, 0.29) is 11.5 Å². The van der Waals surface area contributed by atoms with Crippen molar-refractivity contribution in [1.82, 2.24) is 0 Å². The zero-order valence-corrected chi connectivity index (χ0v) is 9.99. The van der Waals surface area contributed by atoms with Crippen molar-refractivity contribution in [1.29, 1.82) is 0 Å². The van der Waals surface area contributed by atoms with Gasteiger partial charge in [-0.05, 0) is 30.5 Å². The van der Waals surface area contributed by atoms with E-state index in [0.29, 0.717) is 18.4 Å². The van der Waals surface area contributed by atoms with Crippen molar-refractivity contribution in [2.45, 2.75) is 37.5 Å². The number of alkyl halides is 2. The van der Waals surface area contributed by atoms with Crippen LogP contribution in [0.25, 0.3) is 0 Å². The summed E-state index contributed by atoms with van der Waals surface area (Å²) < 4.78 is 34.7. The first-order valence-electron chi connectivity index (χ1n) is 6.04. The molecule has 0 radical (unpaired) electrons. The van der Waals surface area contributed by atoms with E-state index in [2.05, 4.69) is 14.5 Å². The minimum absolute atomic E-state index is 0.00280. The van der Waals surface area contributed by atoms with Gasteiger partial charge in [0.25, 0.3) is 0 Å². The molecule has 1 aromatic carbocycles. The van der Waals surface area contributed by atoms with Crippen LogP contribution in [0.5, 0.6) is 11.5 Å². The maximum absolute atomic E-state index is 13.0. The fourth-order valence-corrected chi connectivity index (χ4v) is 2.75. The SMILES string of the molecule is O=C=NC1(c2ccc3c(c2)OC(F)(F)O3)CCCC1. The number of benzene rings is 1. The predicted molar refractivity (Wildman–Crippen MR) is 60.9 cm³/mol. The molecule has 1 aliphatic heterocycles. The monoisotopic (exact) mass is 267 g/mol. The molecule has 100 valence electrons. The van der Waals surface area contributed by atoms with Gasteiger partial charge in [0.05, 0.1) is 5.54 Å². The fraction of sp³-hybridized carbons (Fsp3) is 0.462. The van der Waals surface area contributed by atoms with Gasteiger partial charge in [0.2, 0.25) is 6.08 Å². The molecule has 0 unspecified atom stereocenters. The number of rotatable bonds is 2. The highest BCUT2D eigenvalue weighted by atomic mass is 19.3. The summed E-state index contributed by atoms with van der Waals surface area (Å²) in [6, 6.07) is 4.55. The lowest BCUT2D eigenvalue weighted by molar-refractivity contribution is -0.286. The molecule has 19 heavy (non-hydrogen) atoms. The van der Waals surface area contributed by atoms with Crippen LogP contribution in [0.4, 0.5) is 8.78 Å². The molecule has 1 aliphatic carbocycles. The van der Waals surface area contributed by atoms with E-state index >= 15 is 0 Å². The van der Waals surface area contributed by atoms with Gasteiger partial charge in [0, 0.05) is 0 Å². The van der Waals surface area contributed by atoms with E-state index in [1.165, 1.54) is 12.1 Å². The first-order chi connectivity index (χ1) is 9.05. The first-order valence-corrected chi connectivity index (χ1v) is 6.04. The second-order valence-electron chi connectivity index (χ2n) is 4.77. The largest absolute Gasteiger partial charge is 0.586 e. The van der Waals surface area contributed by atoms with Gasteiger partial charge in [-0.1, -0.05) is 18.9 Å². The summed E-state index contributed by atoms with van der Waals surface area (Å²) in [7, 11) is 0. The van der Waals surface area contributed by atoms with Crippen LogP contribution < -0.4 is 9.47 Å². The van der Waals surface area contributed by atoms with Crippen molar-refractivity contribution in [3.05, 3.63) is 23.8 Å². The van der Waals surface area contributed by atoms with Crippen LogP contribution in [-0.4, -0.2) is 12.4 Å². The summed E-state index contributed by atoms with van der Waals surface area (Å²) in [5.41, 5.74) is 0.0336. The summed E-state index contributed by atoms with van der Waals surface area (Å²) in [6.07, 6.45) is 1.25. The molecule has 0 aromatic heterocycles. The normalized spacial score (nSPS) is 22.0. The molecule has 0 atom stereocenters. The Morgan fingerprint density at radius 2 is 1.84 bits per heavy atom. The number of hydrogen-bond donors (Lipinski definition) is 0. The van der Waals surface area contributed by atoms with E-state index < -0.39 is 11.8 Å². The van der Waals surface area contributed by atoms with E-state index in [1.807, 2.05) is 0 Å². The van der Waals surface area contributed by atoms with Crippen molar-refractivity contribution >= 4 is 6.08 Å².